The summed E-state index contributed by atoms with van der Waals surface area (Å²) in [5, 5.41) is 17.1. The molecule has 0 aliphatic carbocycles. The molecule has 2 N–H and O–H groups in total. The van der Waals surface area contributed by atoms with Crippen molar-refractivity contribution in [3.63, 3.8) is 0 Å². The molecule has 0 aromatic heterocycles. The number of ketones is 1. The minimum Gasteiger partial charge on any atom is -0.311 e. The lowest BCUT2D eigenvalue weighted by Gasteiger charge is -2.50. The van der Waals surface area contributed by atoms with Gasteiger partial charge in [0.2, 0.25) is 5.91 Å². The second kappa shape index (κ2) is 7.86. The highest BCUT2D eigenvalue weighted by Gasteiger charge is 2.51. The number of nitrogens with zero attached hydrogens (tertiary/aromatic N) is 3. The van der Waals surface area contributed by atoms with Crippen molar-refractivity contribution >= 4 is 35.2 Å². The molecule has 3 rings (SSSR count). The molecule has 0 spiro atoms. The molecule has 3 amide bonds. The number of urea groups is 1. The summed E-state index contributed by atoms with van der Waals surface area (Å²) >= 11 is 1.29. The van der Waals surface area contributed by atoms with Gasteiger partial charge in [-0.3, -0.25) is 35.2 Å². The van der Waals surface area contributed by atoms with Crippen molar-refractivity contribution in [2.24, 2.45) is 5.92 Å². The van der Waals surface area contributed by atoms with Gasteiger partial charge in [0, 0.05) is 26.2 Å². The molecule has 4 unspecified atom stereocenters. The van der Waals surface area contributed by atoms with Crippen LogP contribution < -0.4 is 10.6 Å². The first-order valence-electron chi connectivity index (χ1n) is 8.62. The third kappa shape index (κ3) is 3.73. The summed E-state index contributed by atoms with van der Waals surface area (Å²) in [7, 11) is 3.02. The van der Waals surface area contributed by atoms with Crippen molar-refractivity contribution in [1.82, 2.24) is 20.4 Å². The van der Waals surface area contributed by atoms with E-state index in [0.717, 1.165) is 4.90 Å². The Morgan fingerprint density at radius 2 is 2.00 bits per heavy atom. The fourth-order valence-electron chi connectivity index (χ4n) is 3.42. The van der Waals surface area contributed by atoms with Crippen molar-refractivity contribution in [2.75, 3.05) is 19.8 Å². The van der Waals surface area contributed by atoms with Crippen LogP contribution in [0.1, 0.15) is 18.7 Å². The smallest absolute Gasteiger partial charge is 0.311 e. The summed E-state index contributed by atoms with van der Waals surface area (Å²) in [6.45, 7) is 1.47. The number of imide groups is 1. The van der Waals surface area contributed by atoms with E-state index in [0.29, 0.717) is 5.56 Å². The van der Waals surface area contributed by atoms with E-state index in [-0.39, 0.29) is 23.1 Å². The summed E-state index contributed by atoms with van der Waals surface area (Å²) in [5.74, 6) is -0.773. The predicted octanol–water partition coefficient (Wildman–Crippen LogP) is 0.901. The molecule has 2 aliphatic heterocycles. The molecular formula is C17H21N5O5S. The third-order valence-corrected chi connectivity index (χ3v) is 6.20. The number of hydrogen-bond acceptors (Lipinski definition) is 8. The Bertz CT molecular complexity index is 834. The quantitative estimate of drug-likeness (QED) is 0.545. The van der Waals surface area contributed by atoms with Crippen LogP contribution in [0.2, 0.25) is 0 Å². The first kappa shape index (κ1) is 20.2. The van der Waals surface area contributed by atoms with Gasteiger partial charge in [-0.15, -0.1) is 11.8 Å². The van der Waals surface area contributed by atoms with Crippen molar-refractivity contribution < 1.29 is 19.3 Å². The highest BCUT2D eigenvalue weighted by molar-refractivity contribution is 8.00. The minimum absolute atomic E-state index is 0.0326. The standard InChI is InChI=1S/C17H21N5O5S/c1-9(23)8-28-15-12-14(20(2)17(25)21(3)16(12)24)18-13(19-15)10-5-4-6-11(7-10)22(26)27/h4-7,12-15,18-19H,8H2,1-3H3. The van der Waals surface area contributed by atoms with Crippen molar-refractivity contribution in [3.8, 4) is 0 Å². The van der Waals surface area contributed by atoms with Gasteiger partial charge in [-0.1, -0.05) is 12.1 Å². The molecule has 2 fully saturated rings. The topological polar surface area (TPSA) is 125 Å². The number of carbonyl (C=O) groups excluding carboxylic acids is 3. The highest BCUT2D eigenvalue weighted by atomic mass is 32.2. The van der Waals surface area contributed by atoms with E-state index in [1.165, 1.54) is 42.8 Å². The second-order valence-electron chi connectivity index (χ2n) is 6.81. The number of carbonyl (C=O) groups is 3. The van der Waals surface area contributed by atoms with Crippen LogP contribution in [0, 0.1) is 16.0 Å². The minimum atomic E-state index is -0.605. The van der Waals surface area contributed by atoms with Gasteiger partial charge in [-0.2, -0.15) is 0 Å². The summed E-state index contributed by atoms with van der Waals surface area (Å²) in [5.41, 5.74) is 0.549. The van der Waals surface area contributed by atoms with E-state index in [2.05, 4.69) is 10.6 Å². The van der Waals surface area contributed by atoms with E-state index < -0.39 is 34.6 Å². The van der Waals surface area contributed by atoms with E-state index in [1.807, 2.05) is 0 Å². The number of hydrogen-bond donors (Lipinski definition) is 2. The highest BCUT2D eigenvalue weighted by Crippen LogP contribution is 2.34. The molecule has 28 heavy (non-hydrogen) atoms. The van der Waals surface area contributed by atoms with Crippen molar-refractivity contribution in [1.29, 1.82) is 0 Å². The van der Waals surface area contributed by atoms with Crippen LogP contribution in [0.5, 0.6) is 0 Å². The molecule has 11 heteroatoms. The SMILES string of the molecule is CC(=O)CSC1NC(c2cccc([N+](=O)[O-])c2)NC2C1C(=O)N(C)C(=O)N2C. The lowest BCUT2D eigenvalue weighted by molar-refractivity contribution is -0.385. The van der Waals surface area contributed by atoms with Gasteiger partial charge >= 0.3 is 6.03 Å². The van der Waals surface area contributed by atoms with Gasteiger partial charge in [0.25, 0.3) is 5.69 Å². The molecule has 0 bridgehead atoms. The molecule has 10 nitrogen and oxygen atoms in total. The number of rotatable bonds is 5. The average molecular weight is 407 g/mol. The molecule has 0 saturated carbocycles. The second-order valence-corrected chi connectivity index (χ2v) is 7.94. The number of fused-ring (bicyclic) bond motifs is 1. The van der Waals surface area contributed by atoms with Gasteiger partial charge in [-0.05, 0) is 12.5 Å². The van der Waals surface area contributed by atoms with Crippen LogP contribution in [0.4, 0.5) is 10.5 Å². The number of benzene rings is 1. The van der Waals surface area contributed by atoms with Crippen LogP contribution in [-0.4, -0.2) is 63.8 Å². The Hall–Kier alpha value is -2.50. The van der Waals surface area contributed by atoms with Gasteiger partial charge in [0.05, 0.1) is 34.3 Å². The van der Waals surface area contributed by atoms with Gasteiger partial charge in [0.1, 0.15) is 5.78 Å². The Kier molecular flexibility index (Phi) is 5.68. The predicted molar refractivity (Wildman–Crippen MR) is 102 cm³/mol. The first-order chi connectivity index (χ1) is 13.2. The fourth-order valence-corrected chi connectivity index (χ4v) is 4.54. The zero-order valence-electron chi connectivity index (χ0n) is 15.6. The molecule has 1 aromatic carbocycles. The Morgan fingerprint density at radius 3 is 2.64 bits per heavy atom. The monoisotopic (exact) mass is 407 g/mol. The summed E-state index contributed by atoms with van der Waals surface area (Å²) in [6, 6.07) is 5.70. The molecule has 0 radical (unpaired) electrons. The van der Waals surface area contributed by atoms with Gasteiger partial charge < -0.3 is 4.90 Å². The van der Waals surface area contributed by atoms with Gasteiger partial charge in [-0.25, -0.2) is 4.79 Å². The summed E-state index contributed by atoms with van der Waals surface area (Å²) in [4.78, 5) is 49.8. The van der Waals surface area contributed by atoms with E-state index >= 15 is 0 Å². The van der Waals surface area contributed by atoms with Crippen LogP contribution in [0.3, 0.4) is 0 Å². The molecule has 4 atom stereocenters. The normalized spacial score (nSPS) is 27.5. The molecule has 2 saturated heterocycles. The lowest BCUT2D eigenvalue weighted by atomic mass is 9.96. The number of nitro benzene ring substituents is 1. The van der Waals surface area contributed by atoms with Crippen molar-refractivity contribution in [2.45, 2.75) is 24.6 Å². The average Bonchev–Trinajstić information content (AvgIpc) is 2.68. The number of non-ortho nitro benzene ring substituents is 1. The third-order valence-electron chi connectivity index (χ3n) is 4.84. The summed E-state index contributed by atoms with van der Waals surface area (Å²) in [6.07, 6.45) is -1.14. The van der Waals surface area contributed by atoms with Crippen LogP contribution >= 0.6 is 11.8 Å². The maximum Gasteiger partial charge on any atom is 0.327 e. The molecule has 2 heterocycles. The number of Topliss-reactive ketones (excluding diaryl/α,β-unsaturated/α-hetero) is 1. The fraction of sp³-hybridized carbons (Fsp3) is 0.471. The summed E-state index contributed by atoms with van der Waals surface area (Å²) < 4.78 is 0. The maximum absolute atomic E-state index is 12.8. The number of nitrogens with one attached hydrogen (secondary N) is 2. The molecule has 1 aromatic rings. The van der Waals surface area contributed by atoms with E-state index in [1.54, 1.807) is 19.2 Å². The Labute approximate surface area is 165 Å². The molecular weight excluding hydrogens is 386 g/mol. The zero-order valence-corrected chi connectivity index (χ0v) is 16.4. The van der Waals surface area contributed by atoms with E-state index in [4.69, 9.17) is 0 Å². The van der Waals surface area contributed by atoms with Crippen LogP contribution in [0.25, 0.3) is 0 Å². The largest absolute Gasteiger partial charge is 0.327 e. The van der Waals surface area contributed by atoms with E-state index in [9.17, 15) is 24.5 Å². The van der Waals surface area contributed by atoms with Crippen LogP contribution in [0.15, 0.2) is 24.3 Å². The van der Waals surface area contributed by atoms with Gasteiger partial charge in [0.15, 0.2) is 0 Å². The Balaban J connectivity index is 1.94. The maximum atomic E-state index is 12.8. The zero-order chi connectivity index (χ0) is 20.6. The number of thioether (sulfide) groups is 1. The molecule has 150 valence electrons. The van der Waals surface area contributed by atoms with Crippen LogP contribution in [-0.2, 0) is 9.59 Å². The Morgan fingerprint density at radius 1 is 1.29 bits per heavy atom. The van der Waals surface area contributed by atoms with Crippen molar-refractivity contribution in [3.05, 3.63) is 39.9 Å². The first-order valence-corrected chi connectivity index (χ1v) is 9.67. The number of nitro groups is 1. The number of amides is 3. The lowest BCUT2D eigenvalue weighted by Crippen LogP contribution is -2.72. The molecule has 2 aliphatic rings.